The lowest BCUT2D eigenvalue weighted by Gasteiger charge is -2.11. The Morgan fingerprint density at radius 2 is 1.82 bits per heavy atom. The number of hydrogen-bond donors (Lipinski definition) is 1. The smallest absolute Gasteiger partial charge is 0.262 e. The molecule has 1 heterocycles. The maximum atomic E-state index is 13.0. The number of hydrogen-bond acceptors (Lipinski definition) is 5. The fourth-order valence-electron chi connectivity index (χ4n) is 3.26. The third-order valence-corrected chi connectivity index (χ3v) is 5.61. The van der Waals surface area contributed by atoms with Crippen molar-refractivity contribution in [3.05, 3.63) is 93.0 Å². The van der Waals surface area contributed by atoms with Crippen LogP contribution >= 0.6 is 23.2 Å². The van der Waals surface area contributed by atoms with Gasteiger partial charge in [-0.25, -0.2) is 4.98 Å². The summed E-state index contributed by atoms with van der Waals surface area (Å²) in [5.41, 5.74) is 1.55. The molecule has 1 aromatic heterocycles. The molecule has 4 rings (SSSR count). The first-order chi connectivity index (χ1) is 15.9. The molecule has 0 radical (unpaired) electrons. The third kappa shape index (κ3) is 5.27. The Morgan fingerprint density at radius 3 is 2.58 bits per heavy atom. The monoisotopic (exact) mass is 483 g/mol. The number of rotatable bonds is 7. The molecular weight excluding hydrogens is 465 g/mol. The van der Waals surface area contributed by atoms with Crippen molar-refractivity contribution in [2.75, 3.05) is 19.0 Å². The molecule has 3 aromatic carbocycles. The topological polar surface area (TPSA) is 82.4 Å². The molecule has 0 unspecified atom stereocenters. The van der Waals surface area contributed by atoms with Crippen LogP contribution in [0.3, 0.4) is 0 Å². The number of methoxy groups -OCH3 is 1. The third-order valence-electron chi connectivity index (χ3n) is 4.87. The van der Waals surface area contributed by atoms with Gasteiger partial charge in [0, 0.05) is 5.69 Å². The zero-order chi connectivity index (χ0) is 23.4. The molecule has 0 saturated carbocycles. The lowest BCUT2D eigenvalue weighted by atomic mass is 10.2. The van der Waals surface area contributed by atoms with E-state index in [1.807, 2.05) is 6.07 Å². The van der Waals surface area contributed by atoms with Crippen molar-refractivity contribution in [1.29, 1.82) is 0 Å². The summed E-state index contributed by atoms with van der Waals surface area (Å²) in [5.74, 6) is 0.618. The average molecular weight is 484 g/mol. The summed E-state index contributed by atoms with van der Waals surface area (Å²) in [6.45, 7) is 0.0645. The van der Waals surface area contributed by atoms with Crippen molar-refractivity contribution in [2.45, 2.75) is 6.54 Å². The van der Waals surface area contributed by atoms with Gasteiger partial charge in [0.25, 0.3) is 11.5 Å². The molecular formula is C24H19Cl2N3O4. The van der Waals surface area contributed by atoms with Gasteiger partial charge < -0.3 is 14.8 Å². The fourth-order valence-corrected chi connectivity index (χ4v) is 3.58. The molecule has 0 atom stereocenters. The zero-order valence-corrected chi connectivity index (χ0v) is 19.1. The van der Waals surface area contributed by atoms with Crippen LogP contribution in [0.5, 0.6) is 11.5 Å². The summed E-state index contributed by atoms with van der Waals surface area (Å²) in [6.07, 6.45) is 1.48. The highest BCUT2D eigenvalue weighted by molar-refractivity contribution is 6.42. The number of benzene rings is 3. The summed E-state index contributed by atoms with van der Waals surface area (Å²) in [6, 6.07) is 17.2. The first-order valence-corrected chi connectivity index (χ1v) is 10.7. The summed E-state index contributed by atoms with van der Waals surface area (Å²) < 4.78 is 12.2. The quantitative estimate of drug-likeness (QED) is 0.409. The lowest BCUT2D eigenvalue weighted by Crippen LogP contribution is -2.22. The van der Waals surface area contributed by atoms with E-state index in [4.69, 9.17) is 32.7 Å². The van der Waals surface area contributed by atoms with Crippen LogP contribution in [0.15, 0.2) is 71.8 Å². The first kappa shape index (κ1) is 22.6. The highest BCUT2D eigenvalue weighted by atomic mass is 35.5. The molecule has 0 spiro atoms. The molecule has 0 fully saturated rings. The van der Waals surface area contributed by atoms with Gasteiger partial charge in [-0.15, -0.1) is 0 Å². The molecule has 0 aliphatic carbocycles. The van der Waals surface area contributed by atoms with Gasteiger partial charge in [0.1, 0.15) is 0 Å². The second-order valence-corrected chi connectivity index (χ2v) is 7.96. The van der Waals surface area contributed by atoms with Crippen LogP contribution in [0, 0.1) is 0 Å². The van der Waals surface area contributed by atoms with Gasteiger partial charge in [0.05, 0.1) is 40.9 Å². The molecule has 0 aliphatic heterocycles. The van der Waals surface area contributed by atoms with Crippen molar-refractivity contribution in [3.8, 4) is 11.5 Å². The van der Waals surface area contributed by atoms with Gasteiger partial charge in [-0.2, -0.15) is 0 Å². The molecule has 7 nitrogen and oxygen atoms in total. The lowest BCUT2D eigenvalue weighted by molar-refractivity contribution is -0.118. The Morgan fingerprint density at radius 1 is 1.03 bits per heavy atom. The predicted octanol–water partition coefficient (Wildman–Crippen LogP) is 4.78. The van der Waals surface area contributed by atoms with Crippen LogP contribution in [-0.4, -0.2) is 29.2 Å². The number of amides is 1. The van der Waals surface area contributed by atoms with E-state index < -0.39 is 0 Å². The van der Waals surface area contributed by atoms with Gasteiger partial charge in [0.2, 0.25) is 0 Å². The molecule has 9 heteroatoms. The molecule has 1 amide bonds. The molecule has 1 N–H and O–H groups in total. The van der Waals surface area contributed by atoms with E-state index in [1.54, 1.807) is 54.6 Å². The highest BCUT2D eigenvalue weighted by Gasteiger charge is 2.10. The predicted molar refractivity (Wildman–Crippen MR) is 129 cm³/mol. The Bertz CT molecular complexity index is 1390. The maximum Gasteiger partial charge on any atom is 0.262 e. The number of carbonyl (C=O) groups is 1. The van der Waals surface area contributed by atoms with Crippen molar-refractivity contribution >= 4 is 45.7 Å². The SMILES string of the molecule is COc1ccccc1OCC(=O)Nc1ccc2ncn(Cc3ccc(Cl)c(Cl)c3)c(=O)c2c1. The van der Waals surface area contributed by atoms with Crippen LogP contribution in [0.1, 0.15) is 5.56 Å². The minimum atomic E-state index is -0.375. The number of nitrogens with one attached hydrogen (secondary N) is 1. The van der Waals surface area contributed by atoms with Gasteiger partial charge in [-0.3, -0.25) is 14.2 Å². The van der Waals surface area contributed by atoms with E-state index in [1.165, 1.54) is 18.0 Å². The fraction of sp³-hybridized carbons (Fsp3) is 0.125. The van der Waals surface area contributed by atoms with E-state index in [2.05, 4.69) is 10.3 Å². The largest absolute Gasteiger partial charge is 0.493 e. The van der Waals surface area contributed by atoms with Crippen LogP contribution in [-0.2, 0) is 11.3 Å². The summed E-state index contributed by atoms with van der Waals surface area (Å²) >= 11 is 12.0. The van der Waals surface area contributed by atoms with Crippen LogP contribution < -0.4 is 20.3 Å². The number of halogens is 2. The second kappa shape index (κ2) is 9.94. The van der Waals surface area contributed by atoms with Crippen LogP contribution in [0.25, 0.3) is 10.9 Å². The zero-order valence-electron chi connectivity index (χ0n) is 17.5. The van der Waals surface area contributed by atoms with Gasteiger partial charge in [-0.1, -0.05) is 41.4 Å². The number of ether oxygens (including phenoxy) is 2. The number of nitrogens with zero attached hydrogens (tertiary/aromatic N) is 2. The van der Waals surface area contributed by atoms with Crippen LogP contribution in [0.4, 0.5) is 5.69 Å². The summed E-state index contributed by atoms with van der Waals surface area (Å²) in [5, 5.41) is 3.97. The van der Waals surface area contributed by atoms with Gasteiger partial charge in [0.15, 0.2) is 18.1 Å². The number of para-hydroxylation sites is 2. The van der Waals surface area contributed by atoms with E-state index in [-0.39, 0.29) is 24.6 Å². The molecule has 33 heavy (non-hydrogen) atoms. The molecule has 0 bridgehead atoms. The first-order valence-electron chi connectivity index (χ1n) is 9.93. The van der Waals surface area contributed by atoms with E-state index in [9.17, 15) is 9.59 Å². The van der Waals surface area contributed by atoms with Crippen molar-refractivity contribution in [3.63, 3.8) is 0 Å². The van der Waals surface area contributed by atoms with Gasteiger partial charge in [-0.05, 0) is 48.0 Å². The van der Waals surface area contributed by atoms with Crippen molar-refractivity contribution < 1.29 is 14.3 Å². The highest BCUT2D eigenvalue weighted by Crippen LogP contribution is 2.26. The van der Waals surface area contributed by atoms with Gasteiger partial charge >= 0.3 is 0 Å². The number of fused-ring (bicyclic) bond motifs is 1. The standard InChI is InChI=1S/C24H19Cl2N3O4/c1-32-21-4-2-3-5-22(21)33-13-23(30)28-16-7-9-20-17(11-16)24(31)29(14-27-20)12-15-6-8-18(25)19(26)10-15/h2-11,14H,12-13H2,1H3,(H,28,30). The Labute approximate surface area is 199 Å². The number of aromatic nitrogens is 2. The minimum Gasteiger partial charge on any atom is -0.493 e. The molecule has 0 aliphatic rings. The van der Waals surface area contributed by atoms with Crippen molar-refractivity contribution in [2.24, 2.45) is 0 Å². The van der Waals surface area contributed by atoms with Crippen molar-refractivity contribution in [1.82, 2.24) is 9.55 Å². The van der Waals surface area contributed by atoms with E-state index >= 15 is 0 Å². The van der Waals surface area contributed by atoms with Crippen LogP contribution in [0.2, 0.25) is 10.0 Å². The Balaban J connectivity index is 1.50. The van der Waals surface area contributed by atoms with E-state index in [0.29, 0.717) is 38.1 Å². The number of carbonyl (C=O) groups excluding carboxylic acids is 1. The maximum absolute atomic E-state index is 13.0. The summed E-state index contributed by atoms with van der Waals surface area (Å²) in [4.78, 5) is 29.7. The average Bonchev–Trinajstić information content (AvgIpc) is 2.82. The van der Waals surface area contributed by atoms with E-state index in [0.717, 1.165) is 5.56 Å². The normalized spacial score (nSPS) is 10.8. The second-order valence-electron chi connectivity index (χ2n) is 7.15. The molecule has 168 valence electrons. The number of anilines is 1. The minimum absolute atomic E-state index is 0.215. The Hall–Kier alpha value is -3.55. The Kier molecular flexibility index (Phi) is 6.82. The molecule has 4 aromatic rings. The summed E-state index contributed by atoms with van der Waals surface area (Å²) in [7, 11) is 1.53. The molecule has 0 saturated heterocycles.